The topological polar surface area (TPSA) is 17.1 Å². The Kier molecular flexibility index (Phi) is 10.3. The Labute approximate surface area is 115 Å². The summed E-state index contributed by atoms with van der Waals surface area (Å²) in [5, 5.41) is 0.536. The van der Waals surface area contributed by atoms with Gasteiger partial charge in [0.05, 0.1) is 0 Å². The third-order valence-electron chi connectivity index (χ3n) is 3.67. The Morgan fingerprint density at radius 1 is 1.00 bits per heavy atom. The molecule has 0 radical (unpaired) electrons. The Morgan fingerprint density at radius 3 is 2.00 bits per heavy atom. The van der Waals surface area contributed by atoms with E-state index < -0.39 is 8.07 Å². The third-order valence-corrected chi connectivity index (χ3v) is 6.74. The zero-order valence-corrected chi connectivity index (χ0v) is 13.8. The minimum atomic E-state index is -1.65. The highest BCUT2D eigenvalue weighted by Crippen LogP contribution is 2.16. The van der Waals surface area contributed by atoms with Crippen molar-refractivity contribution in [3.05, 3.63) is 12.7 Å². The number of hydrogen-bond acceptors (Lipinski definition) is 1. The van der Waals surface area contributed by atoms with Gasteiger partial charge in [0, 0.05) is 6.42 Å². The lowest BCUT2D eigenvalue weighted by Gasteiger charge is -2.18. The monoisotopic (exact) mass is 268 g/mol. The first kappa shape index (κ1) is 17.6. The van der Waals surface area contributed by atoms with E-state index in [4.69, 9.17) is 0 Å². The fourth-order valence-corrected chi connectivity index (χ4v) is 4.04. The molecule has 0 aliphatic rings. The van der Waals surface area contributed by atoms with E-state index in [1.165, 1.54) is 44.9 Å². The van der Waals surface area contributed by atoms with Crippen LogP contribution in [0, 0.1) is 0 Å². The van der Waals surface area contributed by atoms with E-state index >= 15 is 0 Å². The van der Waals surface area contributed by atoms with Crippen LogP contribution < -0.4 is 0 Å². The first-order chi connectivity index (χ1) is 8.54. The van der Waals surface area contributed by atoms with Gasteiger partial charge in [0.2, 0.25) is 0 Å². The van der Waals surface area contributed by atoms with Crippen molar-refractivity contribution in [2.45, 2.75) is 83.8 Å². The molecule has 106 valence electrons. The molecule has 0 aromatic carbocycles. The Hall–Kier alpha value is -0.373. The van der Waals surface area contributed by atoms with Gasteiger partial charge in [0.1, 0.15) is 13.5 Å². The molecule has 0 unspecified atom stereocenters. The second kappa shape index (κ2) is 10.5. The molecule has 0 aromatic rings. The van der Waals surface area contributed by atoms with E-state index in [0.717, 1.165) is 18.9 Å². The van der Waals surface area contributed by atoms with Crippen LogP contribution in [0.15, 0.2) is 12.7 Å². The van der Waals surface area contributed by atoms with Crippen molar-refractivity contribution in [2.75, 3.05) is 0 Å². The summed E-state index contributed by atoms with van der Waals surface area (Å²) in [6, 6.07) is 0.933. The van der Waals surface area contributed by atoms with Gasteiger partial charge in [-0.05, 0) is 12.5 Å². The van der Waals surface area contributed by atoms with E-state index in [-0.39, 0.29) is 0 Å². The number of carbonyl (C=O) groups is 1. The van der Waals surface area contributed by atoms with Crippen molar-refractivity contribution >= 4 is 13.5 Å². The maximum atomic E-state index is 12.0. The molecule has 0 aliphatic carbocycles. The number of allylic oxidation sites excluding steroid dienone is 1. The van der Waals surface area contributed by atoms with Crippen LogP contribution in [0.3, 0.4) is 0 Å². The number of rotatable bonds is 12. The van der Waals surface area contributed by atoms with Gasteiger partial charge >= 0.3 is 0 Å². The molecular formula is C16H32OSi. The zero-order chi connectivity index (χ0) is 13.9. The highest BCUT2D eigenvalue weighted by Gasteiger charge is 2.27. The SMILES string of the molecule is C=CC[Si](C)(C)C(=O)CCCCCCCCCC. The lowest BCUT2D eigenvalue weighted by atomic mass is 10.1. The minimum absolute atomic E-state index is 0.536. The maximum absolute atomic E-state index is 12.0. The first-order valence-electron chi connectivity index (χ1n) is 7.68. The van der Waals surface area contributed by atoms with Crippen molar-refractivity contribution in [1.82, 2.24) is 0 Å². The Balaban J connectivity index is 3.48. The van der Waals surface area contributed by atoms with Crippen molar-refractivity contribution in [1.29, 1.82) is 0 Å². The fraction of sp³-hybridized carbons (Fsp3) is 0.812. The summed E-state index contributed by atoms with van der Waals surface area (Å²) in [7, 11) is -1.65. The lowest BCUT2D eigenvalue weighted by molar-refractivity contribution is -0.112. The van der Waals surface area contributed by atoms with Gasteiger partial charge < -0.3 is 4.79 Å². The largest absolute Gasteiger partial charge is 0.305 e. The van der Waals surface area contributed by atoms with Crippen LogP contribution in [0.1, 0.15) is 64.7 Å². The molecule has 0 saturated carbocycles. The molecular weight excluding hydrogens is 236 g/mol. The molecule has 0 heterocycles. The van der Waals surface area contributed by atoms with Crippen LogP contribution in [0.2, 0.25) is 19.1 Å². The summed E-state index contributed by atoms with van der Waals surface area (Å²) in [5.74, 6) is 0. The standard InChI is InChI=1S/C16H32OSi/c1-5-7-8-9-10-11-12-13-14-16(17)18(3,4)15-6-2/h6H,2,5,7-15H2,1,3-4H3. The summed E-state index contributed by atoms with van der Waals surface area (Å²) in [6.45, 7) is 10.3. The smallest absolute Gasteiger partial charge is 0.130 e. The molecule has 0 bridgehead atoms. The zero-order valence-electron chi connectivity index (χ0n) is 12.8. The molecule has 2 heteroatoms. The lowest BCUT2D eigenvalue weighted by Crippen LogP contribution is -2.36. The second-order valence-corrected chi connectivity index (χ2v) is 10.8. The van der Waals surface area contributed by atoms with E-state index in [2.05, 4.69) is 26.6 Å². The highest BCUT2D eigenvalue weighted by molar-refractivity contribution is 7.04. The van der Waals surface area contributed by atoms with Crippen molar-refractivity contribution in [2.24, 2.45) is 0 Å². The van der Waals surface area contributed by atoms with Crippen LogP contribution in [0.25, 0.3) is 0 Å². The third kappa shape index (κ3) is 8.68. The molecule has 0 atom stereocenters. The van der Waals surface area contributed by atoms with Gasteiger partial charge in [-0.15, -0.1) is 6.58 Å². The van der Waals surface area contributed by atoms with E-state index in [1.807, 2.05) is 6.08 Å². The molecule has 0 fully saturated rings. The minimum Gasteiger partial charge on any atom is -0.305 e. The average Bonchev–Trinajstić information content (AvgIpc) is 2.32. The normalized spacial score (nSPS) is 11.5. The van der Waals surface area contributed by atoms with Crippen LogP contribution in [-0.4, -0.2) is 13.5 Å². The molecule has 0 aromatic heterocycles. The molecule has 1 nitrogen and oxygen atoms in total. The Bertz CT molecular complexity index is 233. The summed E-state index contributed by atoms with van der Waals surface area (Å²) >= 11 is 0. The van der Waals surface area contributed by atoms with Gasteiger partial charge in [0.15, 0.2) is 0 Å². The molecule has 0 N–H and O–H groups in total. The van der Waals surface area contributed by atoms with Crippen molar-refractivity contribution in [3.63, 3.8) is 0 Å². The van der Waals surface area contributed by atoms with Crippen molar-refractivity contribution in [3.8, 4) is 0 Å². The molecule has 0 spiro atoms. The van der Waals surface area contributed by atoms with Crippen molar-refractivity contribution < 1.29 is 4.79 Å². The summed E-state index contributed by atoms with van der Waals surface area (Å²) in [4.78, 5) is 12.0. The molecule has 0 amide bonds. The van der Waals surface area contributed by atoms with Gasteiger partial charge in [-0.3, -0.25) is 0 Å². The predicted octanol–water partition coefficient (Wildman–Crippen LogP) is 5.52. The first-order valence-corrected chi connectivity index (χ1v) is 10.9. The van der Waals surface area contributed by atoms with Crippen LogP contribution in [-0.2, 0) is 4.79 Å². The maximum Gasteiger partial charge on any atom is 0.130 e. The van der Waals surface area contributed by atoms with E-state index in [1.54, 1.807) is 0 Å². The Morgan fingerprint density at radius 2 is 1.50 bits per heavy atom. The fourth-order valence-electron chi connectivity index (χ4n) is 2.23. The quantitative estimate of drug-likeness (QED) is 0.259. The number of hydrogen-bond donors (Lipinski definition) is 0. The van der Waals surface area contributed by atoms with Crippen LogP contribution in [0.5, 0.6) is 0 Å². The second-order valence-electron chi connectivity index (χ2n) is 6.02. The molecule has 0 saturated heterocycles. The molecule has 0 rings (SSSR count). The van der Waals surface area contributed by atoms with Gasteiger partial charge in [0.25, 0.3) is 0 Å². The number of carbonyl (C=O) groups excluding carboxylic acids is 1. The summed E-state index contributed by atoms with van der Waals surface area (Å²) < 4.78 is 0. The van der Waals surface area contributed by atoms with Gasteiger partial charge in [-0.1, -0.05) is 71.0 Å². The summed E-state index contributed by atoms with van der Waals surface area (Å²) in [6.07, 6.45) is 13.2. The number of unbranched alkanes of at least 4 members (excludes halogenated alkanes) is 7. The molecule has 18 heavy (non-hydrogen) atoms. The van der Waals surface area contributed by atoms with Gasteiger partial charge in [-0.2, -0.15) is 0 Å². The molecule has 0 aliphatic heterocycles. The van der Waals surface area contributed by atoms with Gasteiger partial charge in [-0.25, -0.2) is 0 Å². The highest BCUT2D eigenvalue weighted by atomic mass is 28.3. The predicted molar refractivity (Wildman–Crippen MR) is 84.7 cm³/mol. The van der Waals surface area contributed by atoms with Crippen LogP contribution in [0.4, 0.5) is 0 Å². The van der Waals surface area contributed by atoms with E-state index in [9.17, 15) is 4.79 Å². The summed E-state index contributed by atoms with van der Waals surface area (Å²) in [5.41, 5.74) is 0. The van der Waals surface area contributed by atoms with Crippen LogP contribution >= 0.6 is 0 Å². The van der Waals surface area contributed by atoms with E-state index in [0.29, 0.717) is 5.41 Å². The average molecular weight is 269 g/mol.